The van der Waals surface area contributed by atoms with Gasteiger partial charge >= 0.3 is 0 Å². The number of aryl methyl sites for hydroxylation is 1. The topological polar surface area (TPSA) is 61.5 Å². The third-order valence-electron chi connectivity index (χ3n) is 1.61. The maximum Gasteiger partial charge on any atom is 0.275 e. The van der Waals surface area contributed by atoms with Crippen LogP contribution in [0, 0.1) is 6.92 Å². The predicted octanol–water partition coefficient (Wildman–Crippen LogP) is 1.32. The Morgan fingerprint density at radius 1 is 1.58 bits per heavy atom. The van der Waals surface area contributed by atoms with Crippen LogP contribution in [0.1, 0.15) is 5.82 Å². The molecule has 12 heavy (non-hydrogen) atoms. The van der Waals surface area contributed by atoms with E-state index in [1.807, 2.05) is 0 Å². The standard InChI is InChI=1S/C7H6BrN3O/c1-3-10-5-4(8)2-9-6(5)7(12)11-3/h2,9H,1H3,(H,10,11,12). The van der Waals surface area contributed by atoms with E-state index in [2.05, 4.69) is 30.9 Å². The first-order valence-corrected chi connectivity index (χ1v) is 4.21. The molecule has 0 bridgehead atoms. The molecule has 0 aromatic carbocycles. The van der Waals surface area contributed by atoms with Gasteiger partial charge in [-0.1, -0.05) is 0 Å². The minimum Gasteiger partial charge on any atom is -0.354 e. The van der Waals surface area contributed by atoms with Gasteiger partial charge in [0.1, 0.15) is 16.9 Å². The average Bonchev–Trinajstić information content (AvgIpc) is 2.33. The number of H-pyrrole nitrogens is 2. The monoisotopic (exact) mass is 227 g/mol. The van der Waals surface area contributed by atoms with Crippen molar-refractivity contribution >= 4 is 27.0 Å². The number of hydrogen-bond donors (Lipinski definition) is 2. The zero-order chi connectivity index (χ0) is 8.72. The van der Waals surface area contributed by atoms with Crippen LogP contribution in [0.2, 0.25) is 0 Å². The van der Waals surface area contributed by atoms with Crippen molar-refractivity contribution < 1.29 is 0 Å². The van der Waals surface area contributed by atoms with E-state index in [1.165, 1.54) is 0 Å². The van der Waals surface area contributed by atoms with Gasteiger partial charge in [0.15, 0.2) is 0 Å². The Morgan fingerprint density at radius 3 is 3.08 bits per heavy atom. The number of rotatable bonds is 0. The summed E-state index contributed by atoms with van der Waals surface area (Å²) >= 11 is 3.29. The van der Waals surface area contributed by atoms with E-state index >= 15 is 0 Å². The molecule has 0 saturated carbocycles. The Kier molecular flexibility index (Phi) is 1.54. The van der Waals surface area contributed by atoms with E-state index < -0.39 is 0 Å². The lowest BCUT2D eigenvalue weighted by molar-refractivity contribution is 1.05. The third-order valence-corrected chi connectivity index (χ3v) is 2.21. The summed E-state index contributed by atoms with van der Waals surface area (Å²) in [6, 6.07) is 0. The first-order valence-electron chi connectivity index (χ1n) is 3.42. The first kappa shape index (κ1) is 7.54. The van der Waals surface area contributed by atoms with Crippen LogP contribution in [0.5, 0.6) is 0 Å². The molecule has 0 amide bonds. The van der Waals surface area contributed by atoms with Crippen molar-refractivity contribution in [2.45, 2.75) is 6.92 Å². The van der Waals surface area contributed by atoms with Gasteiger partial charge in [0.05, 0.1) is 4.47 Å². The highest BCUT2D eigenvalue weighted by Gasteiger charge is 2.05. The van der Waals surface area contributed by atoms with Gasteiger partial charge in [-0.3, -0.25) is 4.79 Å². The maximum atomic E-state index is 11.3. The number of aromatic amines is 2. The molecule has 0 spiro atoms. The van der Waals surface area contributed by atoms with E-state index in [0.717, 1.165) is 4.47 Å². The van der Waals surface area contributed by atoms with Gasteiger partial charge < -0.3 is 9.97 Å². The largest absolute Gasteiger partial charge is 0.354 e. The van der Waals surface area contributed by atoms with Gasteiger partial charge in [-0.25, -0.2) is 4.98 Å². The molecule has 62 valence electrons. The summed E-state index contributed by atoms with van der Waals surface area (Å²) in [5.41, 5.74) is 1.05. The van der Waals surface area contributed by atoms with Crippen LogP contribution in [0.15, 0.2) is 15.5 Å². The molecule has 5 heteroatoms. The fourth-order valence-electron chi connectivity index (χ4n) is 1.10. The number of fused-ring (bicyclic) bond motifs is 1. The predicted molar refractivity (Wildman–Crippen MR) is 49.2 cm³/mol. The molecule has 0 atom stereocenters. The van der Waals surface area contributed by atoms with Crippen LogP contribution in [0.3, 0.4) is 0 Å². The van der Waals surface area contributed by atoms with Crippen molar-refractivity contribution in [1.82, 2.24) is 15.0 Å². The minimum absolute atomic E-state index is 0.136. The quantitative estimate of drug-likeness (QED) is 0.714. The van der Waals surface area contributed by atoms with Crippen LogP contribution in [-0.2, 0) is 0 Å². The fourth-order valence-corrected chi connectivity index (χ4v) is 1.50. The normalized spacial score (nSPS) is 10.8. The lowest BCUT2D eigenvalue weighted by Gasteiger charge is -1.91. The summed E-state index contributed by atoms with van der Waals surface area (Å²) in [5, 5.41) is 0. The molecule has 0 fully saturated rings. The van der Waals surface area contributed by atoms with E-state index in [4.69, 9.17) is 0 Å². The number of hydrogen-bond acceptors (Lipinski definition) is 2. The summed E-state index contributed by atoms with van der Waals surface area (Å²) in [4.78, 5) is 20.9. The number of nitrogens with zero attached hydrogens (tertiary/aromatic N) is 1. The molecule has 2 rings (SSSR count). The van der Waals surface area contributed by atoms with E-state index in [1.54, 1.807) is 13.1 Å². The minimum atomic E-state index is -0.136. The number of nitrogens with one attached hydrogen (secondary N) is 2. The Morgan fingerprint density at radius 2 is 2.33 bits per heavy atom. The van der Waals surface area contributed by atoms with E-state index in [-0.39, 0.29) is 5.56 Å². The highest BCUT2D eigenvalue weighted by molar-refractivity contribution is 9.10. The number of halogens is 1. The average molecular weight is 228 g/mol. The Labute approximate surface area is 76.2 Å². The molecule has 0 aliphatic carbocycles. The van der Waals surface area contributed by atoms with Crippen LogP contribution in [-0.4, -0.2) is 15.0 Å². The molecule has 0 unspecified atom stereocenters. The van der Waals surface area contributed by atoms with Crippen molar-refractivity contribution in [1.29, 1.82) is 0 Å². The zero-order valence-corrected chi connectivity index (χ0v) is 7.90. The Hall–Kier alpha value is -1.10. The molecule has 0 saturated heterocycles. The number of aromatic nitrogens is 3. The molecule has 4 nitrogen and oxygen atoms in total. The summed E-state index contributed by atoms with van der Waals surface area (Å²) in [6.07, 6.45) is 1.70. The molecule has 0 aliphatic heterocycles. The van der Waals surface area contributed by atoms with Crippen molar-refractivity contribution in [2.75, 3.05) is 0 Å². The van der Waals surface area contributed by atoms with Crippen molar-refractivity contribution in [3.8, 4) is 0 Å². The van der Waals surface area contributed by atoms with Crippen LogP contribution >= 0.6 is 15.9 Å². The highest BCUT2D eigenvalue weighted by atomic mass is 79.9. The van der Waals surface area contributed by atoms with Crippen molar-refractivity contribution in [3.63, 3.8) is 0 Å². The van der Waals surface area contributed by atoms with E-state index in [0.29, 0.717) is 16.9 Å². The van der Waals surface area contributed by atoms with Gasteiger partial charge in [-0.2, -0.15) is 0 Å². The smallest absolute Gasteiger partial charge is 0.275 e. The molecule has 2 aromatic heterocycles. The SMILES string of the molecule is Cc1nc2c(Br)c[nH]c2c(=O)[nH]1. The van der Waals surface area contributed by atoms with E-state index in [9.17, 15) is 4.79 Å². The Balaban J connectivity index is 3.03. The fraction of sp³-hybridized carbons (Fsp3) is 0.143. The summed E-state index contributed by atoms with van der Waals surface area (Å²) in [6.45, 7) is 1.75. The lowest BCUT2D eigenvalue weighted by Crippen LogP contribution is -2.09. The van der Waals surface area contributed by atoms with Crippen molar-refractivity contribution in [2.24, 2.45) is 0 Å². The summed E-state index contributed by atoms with van der Waals surface area (Å²) in [7, 11) is 0. The summed E-state index contributed by atoms with van der Waals surface area (Å²) in [5.74, 6) is 0.618. The zero-order valence-electron chi connectivity index (χ0n) is 6.31. The lowest BCUT2D eigenvalue weighted by atomic mass is 10.4. The molecule has 2 heterocycles. The first-order chi connectivity index (χ1) is 5.68. The molecular formula is C7H6BrN3O. The Bertz CT molecular complexity index is 485. The molecular weight excluding hydrogens is 222 g/mol. The van der Waals surface area contributed by atoms with Gasteiger partial charge in [0, 0.05) is 6.20 Å². The van der Waals surface area contributed by atoms with Gasteiger partial charge in [0.25, 0.3) is 5.56 Å². The van der Waals surface area contributed by atoms with Crippen LogP contribution in [0.25, 0.3) is 11.0 Å². The third kappa shape index (κ3) is 0.972. The molecule has 0 radical (unpaired) electrons. The second kappa shape index (κ2) is 2.45. The summed E-state index contributed by atoms with van der Waals surface area (Å²) < 4.78 is 0.812. The van der Waals surface area contributed by atoms with Crippen LogP contribution < -0.4 is 5.56 Å². The molecule has 2 aromatic rings. The van der Waals surface area contributed by atoms with Crippen molar-refractivity contribution in [3.05, 3.63) is 26.8 Å². The van der Waals surface area contributed by atoms with Gasteiger partial charge in [-0.05, 0) is 22.9 Å². The maximum absolute atomic E-state index is 11.3. The molecule has 2 N–H and O–H groups in total. The van der Waals surface area contributed by atoms with Crippen LogP contribution in [0.4, 0.5) is 0 Å². The second-order valence-corrected chi connectivity index (χ2v) is 3.37. The van der Waals surface area contributed by atoms with Gasteiger partial charge in [0.2, 0.25) is 0 Å². The van der Waals surface area contributed by atoms with Gasteiger partial charge in [-0.15, -0.1) is 0 Å². The molecule has 0 aliphatic rings. The highest BCUT2D eigenvalue weighted by Crippen LogP contribution is 2.17. The second-order valence-electron chi connectivity index (χ2n) is 2.51.